The fourth-order valence-corrected chi connectivity index (χ4v) is 6.45. The molecule has 218 valence electrons. The van der Waals surface area contributed by atoms with E-state index in [0.717, 1.165) is 45.0 Å². The zero-order chi connectivity index (χ0) is 30.9. The number of rotatable bonds is 5. The van der Waals surface area contributed by atoms with Crippen LogP contribution in [0, 0.1) is 0 Å². The molecule has 0 radical (unpaired) electrons. The van der Waals surface area contributed by atoms with Crippen molar-refractivity contribution >= 4 is 28.3 Å². The number of nitrogens with zero attached hydrogens (tertiary/aromatic N) is 2. The van der Waals surface area contributed by atoms with E-state index in [-0.39, 0.29) is 0 Å². The molecule has 0 saturated heterocycles. The van der Waals surface area contributed by atoms with Crippen LogP contribution in [0.5, 0.6) is 0 Å². The van der Waals surface area contributed by atoms with Crippen LogP contribution in [0.1, 0.15) is 11.1 Å². The fraction of sp³-hybridized carbons (Fsp3) is 0. The molecular formula is C44H32N2. The molecule has 2 heteroatoms. The van der Waals surface area contributed by atoms with Crippen LogP contribution in [0.15, 0.2) is 189 Å². The van der Waals surface area contributed by atoms with Gasteiger partial charge in [-0.2, -0.15) is 0 Å². The highest BCUT2D eigenvalue weighted by molar-refractivity contribution is 5.97. The van der Waals surface area contributed by atoms with Gasteiger partial charge in [0.1, 0.15) is 0 Å². The predicted molar refractivity (Wildman–Crippen MR) is 194 cm³/mol. The number of hydrazine groups is 1. The summed E-state index contributed by atoms with van der Waals surface area (Å²) in [4.78, 5) is 0. The van der Waals surface area contributed by atoms with Gasteiger partial charge in [0.05, 0.1) is 22.7 Å². The number of anilines is 4. The van der Waals surface area contributed by atoms with Gasteiger partial charge < -0.3 is 0 Å². The molecule has 8 rings (SSSR count). The SMILES string of the molecule is C=C1c2ccccc2N(c2ccccc2)N(c2ccc(-c3cc(-c4ccccc4)cc(-c4ccccc4)c3)cc2)c2ccccc21. The number of para-hydroxylation sites is 3. The summed E-state index contributed by atoms with van der Waals surface area (Å²) in [6.07, 6.45) is 0. The van der Waals surface area contributed by atoms with E-state index in [1.807, 2.05) is 0 Å². The summed E-state index contributed by atoms with van der Waals surface area (Å²) in [5, 5.41) is 4.63. The Hall–Kier alpha value is -6.12. The van der Waals surface area contributed by atoms with Crippen molar-refractivity contribution in [2.45, 2.75) is 0 Å². The van der Waals surface area contributed by atoms with Crippen molar-refractivity contribution in [2.24, 2.45) is 0 Å². The van der Waals surface area contributed by atoms with Crippen LogP contribution < -0.4 is 10.0 Å². The van der Waals surface area contributed by atoms with Gasteiger partial charge in [-0.1, -0.05) is 134 Å². The summed E-state index contributed by atoms with van der Waals surface area (Å²) in [5.74, 6) is 0. The third-order valence-corrected chi connectivity index (χ3v) is 8.71. The van der Waals surface area contributed by atoms with Gasteiger partial charge in [0, 0.05) is 11.1 Å². The van der Waals surface area contributed by atoms with E-state index in [2.05, 4.69) is 199 Å². The zero-order valence-corrected chi connectivity index (χ0v) is 25.4. The van der Waals surface area contributed by atoms with Gasteiger partial charge in [-0.05, 0) is 93.6 Å². The number of hydrogen-bond donors (Lipinski definition) is 0. The van der Waals surface area contributed by atoms with Crippen LogP contribution in [-0.2, 0) is 0 Å². The maximum atomic E-state index is 4.58. The Kier molecular flexibility index (Phi) is 7.01. The standard InChI is InChI=1S/C44H32N2/c1-32-41-21-11-13-23-43(41)45(39-19-9-4-10-20-39)46(44-24-14-12-22-42(32)44)40-27-25-35(26-28-40)38-30-36(33-15-5-2-6-16-33)29-37(31-38)34-17-7-3-8-18-34/h2-31H,1H2. The molecule has 0 aromatic heterocycles. The highest BCUT2D eigenvalue weighted by Crippen LogP contribution is 2.47. The van der Waals surface area contributed by atoms with E-state index >= 15 is 0 Å². The predicted octanol–water partition coefficient (Wildman–Crippen LogP) is 12.0. The third-order valence-electron chi connectivity index (χ3n) is 8.71. The normalized spacial score (nSPS) is 12.3. The summed E-state index contributed by atoms with van der Waals surface area (Å²) in [7, 11) is 0. The molecule has 1 aliphatic heterocycles. The average Bonchev–Trinajstić information content (AvgIpc) is 3.25. The summed E-state index contributed by atoms with van der Waals surface area (Å²) in [6.45, 7) is 4.58. The molecule has 0 amide bonds. The smallest absolute Gasteiger partial charge is 0.0715 e. The molecule has 0 unspecified atom stereocenters. The monoisotopic (exact) mass is 588 g/mol. The highest BCUT2D eigenvalue weighted by Gasteiger charge is 2.30. The lowest BCUT2D eigenvalue weighted by Crippen LogP contribution is -2.35. The number of benzene rings is 7. The first kappa shape index (κ1) is 27.4. The van der Waals surface area contributed by atoms with Crippen LogP contribution >= 0.6 is 0 Å². The Morgan fingerprint density at radius 1 is 0.304 bits per heavy atom. The summed E-state index contributed by atoms with van der Waals surface area (Å²) < 4.78 is 0. The minimum atomic E-state index is 1.01. The molecule has 0 aliphatic carbocycles. The minimum absolute atomic E-state index is 1.01. The van der Waals surface area contributed by atoms with Gasteiger partial charge in [0.25, 0.3) is 0 Å². The van der Waals surface area contributed by atoms with Gasteiger partial charge in [-0.3, -0.25) is 0 Å². The third kappa shape index (κ3) is 4.96. The van der Waals surface area contributed by atoms with Crippen molar-refractivity contribution < 1.29 is 0 Å². The lowest BCUT2D eigenvalue weighted by atomic mass is 9.93. The topological polar surface area (TPSA) is 6.48 Å². The molecule has 1 aliphatic rings. The lowest BCUT2D eigenvalue weighted by Gasteiger charge is -2.38. The van der Waals surface area contributed by atoms with Crippen molar-refractivity contribution in [1.82, 2.24) is 0 Å². The molecule has 0 fully saturated rings. The van der Waals surface area contributed by atoms with Crippen LogP contribution in [-0.4, -0.2) is 0 Å². The second-order valence-electron chi connectivity index (χ2n) is 11.5. The summed E-state index contributed by atoms with van der Waals surface area (Å²) >= 11 is 0. The average molecular weight is 589 g/mol. The second-order valence-corrected chi connectivity index (χ2v) is 11.5. The Bertz CT molecular complexity index is 2090. The van der Waals surface area contributed by atoms with E-state index < -0.39 is 0 Å². The first-order chi connectivity index (χ1) is 22.7. The molecule has 0 saturated carbocycles. The van der Waals surface area contributed by atoms with Crippen LogP contribution in [0.25, 0.3) is 39.0 Å². The van der Waals surface area contributed by atoms with Crippen molar-refractivity contribution in [2.75, 3.05) is 10.0 Å². The van der Waals surface area contributed by atoms with E-state index in [0.29, 0.717) is 0 Å². The molecule has 0 atom stereocenters. The first-order valence-corrected chi connectivity index (χ1v) is 15.6. The van der Waals surface area contributed by atoms with Gasteiger partial charge in [-0.25, -0.2) is 10.0 Å². The summed E-state index contributed by atoms with van der Waals surface area (Å²) in [6, 6.07) is 64.8. The van der Waals surface area contributed by atoms with Crippen LogP contribution in [0.4, 0.5) is 22.7 Å². The van der Waals surface area contributed by atoms with E-state index in [9.17, 15) is 0 Å². The van der Waals surface area contributed by atoms with Crippen molar-refractivity contribution in [3.63, 3.8) is 0 Å². The zero-order valence-electron chi connectivity index (χ0n) is 25.4. The Labute approximate surface area is 270 Å². The van der Waals surface area contributed by atoms with Gasteiger partial charge in [0.15, 0.2) is 0 Å². The van der Waals surface area contributed by atoms with Crippen molar-refractivity contribution in [3.05, 3.63) is 200 Å². The summed E-state index contributed by atoms with van der Waals surface area (Å²) in [5.41, 5.74) is 14.7. The molecule has 0 N–H and O–H groups in total. The first-order valence-electron chi connectivity index (χ1n) is 15.6. The van der Waals surface area contributed by atoms with Crippen LogP contribution in [0.2, 0.25) is 0 Å². The van der Waals surface area contributed by atoms with Gasteiger partial charge in [0.2, 0.25) is 0 Å². The highest BCUT2D eigenvalue weighted by atomic mass is 15.6. The molecule has 7 aromatic carbocycles. The molecule has 7 aromatic rings. The molecule has 46 heavy (non-hydrogen) atoms. The van der Waals surface area contributed by atoms with Crippen LogP contribution in [0.3, 0.4) is 0 Å². The maximum absolute atomic E-state index is 4.58. The van der Waals surface area contributed by atoms with E-state index in [4.69, 9.17) is 0 Å². The fourth-order valence-electron chi connectivity index (χ4n) is 6.45. The Balaban J connectivity index is 1.28. The molecular weight excluding hydrogens is 556 g/mol. The van der Waals surface area contributed by atoms with Crippen molar-refractivity contribution in [3.8, 4) is 33.4 Å². The Morgan fingerprint density at radius 3 is 1.11 bits per heavy atom. The van der Waals surface area contributed by atoms with Crippen molar-refractivity contribution in [1.29, 1.82) is 0 Å². The van der Waals surface area contributed by atoms with E-state index in [1.54, 1.807) is 0 Å². The maximum Gasteiger partial charge on any atom is 0.0715 e. The second kappa shape index (κ2) is 11.8. The molecule has 2 nitrogen and oxygen atoms in total. The largest absolute Gasteiger partial charge is 0.248 e. The van der Waals surface area contributed by atoms with Gasteiger partial charge in [-0.15, -0.1) is 0 Å². The Morgan fingerprint density at radius 2 is 0.652 bits per heavy atom. The lowest BCUT2D eigenvalue weighted by molar-refractivity contribution is 0.993. The number of hydrogen-bond acceptors (Lipinski definition) is 2. The quantitative estimate of drug-likeness (QED) is 0.197. The minimum Gasteiger partial charge on any atom is -0.248 e. The molecule has 0 spiro atoms. The number of fused-ring (bicyclic) bond motifs is 2. The molecule has 0 bridgehead atoms. The van der Waals surface area contributed by atoms with Gasteiger partial charge >= 0.3 is 0 Å². The van der Waals surface area contributed by atoms with E-state index in [1.165, 1.54) is 27.8 Å². The molecule has 1 heterocycles.